The van der Waals surface area contributed by atoms with Crippen molar-refractivity contribution in [1.29, 1.82) is 0 Å². The minimum atomic E-state index is 0.104. The number of hydrogen-bond acceptors (Lipinski definition) is 3. The molecule has 0 aliphatic rings. The first kappa shape index (κ1) is 12.8. The van der Waals surface area contributed by atoms with Gasteiger partial charge in [-0.05, 0) is 30.7 Å². The van der Waals surface area contributed by atoms with Crippen molar-refractivity contribution >= 4 is 37.5 Å². The van der Waals surface area contributed by atoms with Gasteiger partial charge in [0.05, 0.1) is 11.8 Å². The van der Waals surface area contributed by atoms with E-state index in [2.05, 4.69) is 20.9 Å². The van der Waals surface area contributed by atoms with Crippen LogP contribution in [0.15, 0.2) is 16.5 Å². The normalized spacial score (nSPS) is 11.2. The van der Waals surface area contributed by atoms with E-state index in [9.17, 15) is 4.79 Å². The van der Waals surface area contributed by atoms with E-state index < -0.39 is 0 Å². The predicted octanol–water partition coefficient (Wildman–Crippen LogP) is 3.33. The standard InChI is InChI=1S/C12H15BrN2OS/c1-9-7-17-11-10(9)14-8-15(12(11)16)6-4-2-3-5-13/h7-8H,2-6H2,1H3. The highest BCUT2D eigenvalue weighted by atomic mass is 79.9. The second kappa shape index (κ2) is 5.78. The van der Waals surface area contributed by atoms with Crippen LogP contribution in [0.1, 0.15) is 24.8 Å². The Morgan fingerprint density at radius 3 is 3.00 bits per heavy atom. The summed E-state index contributed by atoms with van der Waals surface area (Å²) >= 11 is 4.90. The average molecular weight is 315 g/mol. The molecule has 5 heteroatoms. The number of alkyl halides is 1. The second-order valence-electron chi connectivity index (χ2n) is 4.09. The molecule has 0 fully saturated rings. The van der Waals surface area contributed by atoms with Crippen LogP contribution < -0.4 is 5.56 Å². The average Bonchev–Trinajstić information content (AvgIpc) is 2.70. The van der Waals surface area contributed by atoms with Gasteiger partial charge in [0.1, 0.15) is 4.70 Å². The van der Waals surface area contributed by atoms with E-state index in [0.717, 1.165) is 46.9 Å². The molecule has 2 aromatic rings. The molecule has 0 aliphatic carbocycles. The lowest BCUT2D eigenvalue weighted by Gasteiger charge is -2.04. The lowest BCUT2D eigenvalue weighted by molar-refractivity contribution is 0.587. The molecule has 17 heavy (non-hydrogen) atoms. The summed E-state index contributed by atoms with van der Waals surface area (Å²) in [7, 11) is 0. The minimum Gasteiger partial charge on any atom is -0.298 e. The fourth-order valence-electron chi connectivity index (χ4n) is 1.77. The number of fused-ring (bicyclic) bond motifs is 1. The summed E-state index contributed by atoms with van der Waals surface area (Å²) in [6, 6.07) is 0. The Hall–Kier alpha value is -0.680. The summed E-state index contributed by atoms with van der Waals surface area (Å²) in [5, 5.41) is 3.03. The molecule has 0 unspecified atom stereocenters. The van der Waals surface area contributed by atoms with Crippen molar-refractivity contribution in [1.82, 2.24) is 9.55 Å². The van der Waals surface area contributed by atoms with Gasteiger partial charge in [-0.1, -0.05) is 22.4 Å². The molecule has 2 rings (SSSR count). The Morgan fingerprint density at radius 1 is 1.41 bits per heavy atom. The lowest BCUT2D eigenvalue weighted by atomic mass is 10.2. The Morgan fingerprint density at radius 2 is 2.24 bits per heavy atom. The van der Waals surface area contributed by atoms with Crippen LogP contribution in [0.25, 0.3) is 10.2 Å². The van der Waals surface area contributed by atoms with Gasteiger partial charge < -0.3 is 0 Å². The summed E-state index contributed by atoms with van der Waals surface area (Å²) in [6.07, 6.45) is 5.00. The number of nitrogens with zero attached hydrogens (tertiary/aromatic N) is 2. The van der Waals surface area contributed by atoms with Crippen molar-refractivity contribution in [2.45, 2.75) is 32.7 Å². The molecule has 0 aromatic carbocycles. The number of aromatic nitrogens is 2. The lowest BCUT2D eigenvalue weighted by Crippen LogP contribution is -2.19. The molecule has 0 saturated carbocycles. The first-order chi connectivity index (χ1) is 8.24. The van der Waals surface area contributed by atoms with E-state index in [4.69, 9.17) is 0 Å². The zero-order valence-electron chi connectivity index (χ0n) is 9.78. The number of hydrogen-bond donors (Lipinski definition) is 0. The monoisotopic (exact) mass is 314 g/mol. The SMILES string of the molecule is Cc1csc2c(=O)n(CCCCCBr)cnc12. The third-order valence-electron chi connectivity index (χ3n) is 2.76. The highest BCUT2D eigenvalue weighted by Gasteiger charge is 2.07. The third-order valence-corrected chi connectivity index (χ3v) is 4.39. The van der Waals surface area contributed by atoms with Crippen LogP contribution in [0.4, 0.5) is 0 Å². The summed E-state index contributed by atoms with van der Waals surface area (Å²) in [5.41, 5.74) is 2.05. The van der Waals surface area contributed by atoms with Crippen LogP contribution >= 0.6 is 27.3 Å². The van der Waals surface area contributed by atoms with Crippen LogP contribution in [-0.4, -0.2) is 14.9 Å². The van der Waals surface area contributed by atoms with Crippen molar-refractivity contribution in [2.75, 3.05) is 5.33 Å². The molecular weight excluding hydrogens is 300 g/mol. The zero-order valence-corrected chi connectivity index (χ0v) is 12.2. The van der Waals surface area contributed by atoms with Crippen LogP contribution in [0.5, 0.6) is 0 Å². The Bertz CT molecular complexity index is 561. The highest BCUT2D eigenvalue weighted by Crippen LogP contribution is 2.19. The third kappa shape index (κ3) is 2.77. The maximum Gasteiger partial charge on any atom is 0.271 e. The fraction of sp³-hybridized carbons (Fsp3) is 0.500. The molecule has 2 heterocycles. The molecule has 0 radical (unpaired) electrons. The highest BCUT2D eigenvalue weighted by molar-refractivity contribution is 9.09. The van der Waals surface area contributed by atoms with Crippen LogP contribution in [0, 0.1) is 6.92 Å². The largest absolute Gasteiger partial charge is 0.298 e. The van der Waals surface area contributed by atoms with E-state index in [0.29, 0.717) is 0 Å². The summed E-state index contributed by atoms with van der Waals surface area (Å²) in [6.45, 7) is 2.76. The molecule has 0 spiro atoms. The maximum atomic E-state index is 12.1. The van der Waals surface area contributed by atoms with Gasteiger partial charge in [-0.2, -0.15) is 0 Å². The first-order valence-electron chi connectivity index (χ1n) is 5.73. The summed E-state index contributed by atoms with van der Waals surface area (Å²) in [5.74, 6) is 0. The Kier molecular flexibility index (Phi) is 4.34. The van der Waals surface area contributed by atoms with Crippen molar-refractivity contribution < 1.29 is 0 Å². The van der Waals surface area contributed by atoms with Gasteiger partial charge in [0.25, 0.3) is 5.56 Å². The van der Waals surface area contributed by atoms with Gasteiger partial charge in [0, 0.05) is 11.9 Å². The molecule has 0 N–H and O–H groups in total. The van der Waals surface area contributed by atoms with Crippen LogP contribution in [0.3, 0.4) is 0 Å². The van der Waals surface area contributed by atoms with Gasteiger partial charge in [0.2, 0.25) is 0 Å². The van der Waals surface area contributed by atoms with Crippen molar-refractivity contribution in [2.24, 2.45) is 0 Å². The molecule has 0 aliphatic heterocycles. The number of halogens is 1. The van der Waals surface area contributed by atoms with Gasteiger partial charge in [-0.25, -0.2) is 4.98 Å². The van der Waals surface area contributed by atoms with Crippen molar-refractivity contribution in [3.05, 3.63) is 27.6 Å². The van der Waals surface area contributed by atoms with E-state index in [1.165, 1.54) is 11.3 Å². The summed E-state index contributed by atoms with van der Waals surface area (Å²) in [4.78, 5) is 16.5. The van der Waals surface area contributed by atoms with E-state index in [-0.39, 0.29) is 5.56 Å². The molecule has 92 valence electrons. The molecule has 3 nitrogen and oxygen atoms in total. The molecule has 0 bridgehead atoms. The fourth-order valence-corrected chi connectivity index (χ4v) is 3.12. The molecule has 2 aromatic heterocycles. The Labute approximate surface area is 113 Å². The minimum absolute atomic E-state index is 0.104. The zero-order chi connectivity index (χ0) is 12.3. The number of unbranched alkanes of at least 4 members (excludes halogenated alkanes) is 2. The van der Waals surface area contributed by atoms with Gasteiger partial charge in [-0.15, -0.1) is 11.3 Å². The van der Waals surface area contributed by atoms with Gasteiger partial charge >= 0.3 is 0 Å². The first-order valence-corrected chi connectivity index (χ1v) is 7.73. The molecular formula is C12H15BrN2OS. The number of rotatable bonds is 5. The topological polar surface area (TPSA) is 34.9 Å². The molecule has 0 amide bonds. The molecule has 0 atom stereocenters. The smallest absolute Gasteiger partial charge is 0.271 e. The number of aryl methyl sites for hydroxylation is 2. The summed E-state index contributed by atoms with van der Waals surface area (Å²) < 4.78 is 2.51. The molecule has 0 saturated heterocycles. The quantitative estimate of drug-likeness (QED) is 0.626. The van der Waals surface area contributed by atoms with Crippen molar-refractivity contribution in [3.63, 3.8) is 0 Å². The van der Waals surface area contributed by atoms with E-state index in [1.807, 2.05) is 12.3 Å². The van der Waals surface area contributed by atoms with Crippen LogP contribution in [-0.2, 0) is 6.54 Å². The van der Waals surface area contributed by atoms with Gasteiger partial charge in [0.15, 0.2) is 0 Å². The Balaban J connectivity index is 2.18. The van der Waals surface area contributed by atoms with Crippen LogP contribution in [0.2, 0.25) is 0 Å². The second-order valence-corrected chi connectivity index (χ2v) is 5.76. The number of thiophene rings is 1. The van der Waals surface area contributed by atoms with Gasteiger partial charge in [-0.3, -0.25) is 9.36 Å². The van der Waals surface area contributed by atoms with E-state index in [1.54, 1.807) is 10.9 Å². The van der Waals surface area contributed by atoms with E-state index >= 15 is 0 Å². The maximum absolute atomic E-state index is 12.1. The predicted molar refractivity (Wildman–Crippen MR) is 76.3 cm³/mol. The van der Waals surface area contributed by atoms with Crippen molar-refractivity contribution in [3.8, 4) is 0 Å².